The lowest BCUT2D eigenvalue weighted by Crippen LogP contribution is -2.30. The number of hydrogen-bond acceptors (Lipinski definition) is 2. The molecule has 3 nitrogen and oxygen atoms in total. The normalized spacial score (nSPS) is 23.7. The Labute approximate surface area is 127 Å². The number of rotatable bonds is 4. The van der Waals surface area contributed by atoms with E-state index in [0.29, 0.717) is 27.9 Å². The average Bonchev–Trinajstić information content (AvgIpc) is 2.76. The molecule has 0 spiro atoms. The van der Waals surface area contributed by atoms with E-state index in [9.17, 15) is 8.42 Å². The average molecular weight is 367 g/mol. The molecule has 2 rings (SSSR count). The summed E-state index contributed by atoms with van der Waals surface area (Å²) in [6.07, 6.45) is 3.49. The van der Waals surface area contributed by atoms with Crippen LogP contribution in [0.1, 0.15) is 26.2 Å². The molecule has 0 aliphatic heterocycles. The van der Waals surface area contributed by atoms with Crippen molar-refractivity contribution < 1.29 is 8.42 Å². The smallest absolute Gasteiger partial charge is 0.211 e. The van der Waals surface area contributed by atoms with E-state index in [2.05, 4.69) is 27.6 Å². The van der Waals surface area contributed by atoms with E-state index >= 15 is 0 Å². The summed E-state index contributed by atoms with van der Waals surface area (Å²) in [6, 6.07) is 4.63. The third-order valence-electron chi connectivity index (χ3n) is 3.78. The van der Waals surface area contributed by atoms with Crippen LogP contribution in [0.5, 0.6) is 0 Å². The van der Waals surface area contributed by atoms with E-state index in [1.165, 1.54) is 25.0 Å². The summed E-state index contributed by atoms with van der Waals surface area (Å²) in [6.45, 7) is 2.70. The van der Waals surface area contributed by atoms with Crippen LogP contribution < -0.4 is 4.72 Å². The van der Waals surface area contributed by atoms with Crippen LogP contribution in [0.4, 0.5) is 0 Å². The van der Waals surface area contributed by atoms with Crippen molar-refractivity contribution in [3.05, 3.63) is 27.7 Å². The summed E-state index contributed by atoms with van der Waals surface area (Å²) in [5.41, 5.74) is 0. The van der Waals surface area contributed by atoms with Crippen molar-refractivity contribution in [3.8, 4) is 0 Å². The van der Waals surface area contributed by atoms with Gasteiger partial charge in [-0.05, 0) is 52.4 Å². The Morgan fingerprint density at radius 2 is 2.16 bits per heavy atom. The first-order valence-corrected chi connectivity index (χ1v) is 9.00. The van der Waals surface area contributed by atoms with E-state index in [1.54, 1.807) is 6.07 Å². The van der Waals surface area contributed by atoms with Crippen LogP contribution in [0.3, 0.4) is 0 Å². The topological polar surface area (TPSA) is 46.2 Å². The van der Waals surface area contributed by atoms with Gasteiger partial charge in [-0.2, -0.15) is 0 Å². The zero-order valence-corrected chi connectivity index (χ0v) is 13.9. The molecule has 2 atom stereocenters. The highest BCUT2D eigenvalue weighted by molar-refractivity contribution is 9.10. The van der Waals surface area contributed by atoms with Crippen LogP contribution in [-0.2, 0) is 10.0 Å². The molecular weight excluding hydrogens is 350 g/mol. The van der Waals surface area contributed by atoms with Gasteiger partial charge in [0.1, 0.15) is 0 Å². The minimum Gasteiger partial charge on any atom is -0.211 e. The Balaban J connectivity index is 2.07. The summed E-state index contributed by atoms with van der Waals surface area (Å²) in [4.78, 5) is 0.245. The van der Waals surface area contributed by atoms with Crippen LogP contribution in [0, 0.1) is 11.8 Å². The number of halogens is 2. The van der Waals surface area contributed by atoms with Crippen molar-refractivity contribution >= 4 is 37.6 Å². The maximum atomic E-state index is 12.2. The lowest BCUT2D eigenvalue weighted by Gasteiger charge is -2.16. The van der Waals surface area contributed by atoms with E-state index in [-0.39, 0.29) is 4.90 Å². The highest BCUT2D eigenvalue weighted by atomic mass is 79.9. The molecule has 1 aromatic carbocycles. The van der Waals surface area contributed by atoms with E-state index < -0.39 is 10.0 Å². The molecule has 0 radical (unpaired) electrons. The SMILES string of the molecule is CC1CCCC1CNS(=O)(=O)c1ccc(Cl)c(Br)c1. The van der Waals surface area contributed by atoms with Crippen LogP contribution in [-0.4, -0.2) is 15.0 Å². The summed E-state index contributed by atoms with van der Waals surface area (Å²) < 4.78 is 27.7. The third-order valence-corrected chi connectivity index (χ3v) is 6.41. The zero-order chi connectivity index (χ0) is 14.0. The van der Waals surface area contributed by atoms with Gasteiger partial charge in [0, 0.05) is 11.0 Å². The molecule has 0 aromatic heterocycles. The third kappa shape index (κ3) is 3.72. The van der Waals surface area contributed by atoms with Crippen molar-refractivity contribution in [2.75, 3.05) is 6.54 Å². The second kappa shape index (κ2) is 6.12. The maximum absolute atomic E-state index is 12.2. The monoisotopic (exact) mass is 365 g/mol. The Morgan fingerprint density at radius 3 is 2.74 bits per heavy atom. The van der Waals surface area contributed by atoms with E-state index in [4.69, 9.17) is 11.6 Å². The van der Waals surface area contributed by atoms with Crippen molar-refractivity contribution in [3.63, 3.8) is 0 Å². The van der Waals surface area contributed by atoms with E-state index in [1.807, 2.05) is 0 Å². The van der Waals surface area contributed by atoms with Gasteiger partial charge < -0.3 is 0 Å². The van der Waals surface area contributed by atoms with Gasteiger partial charge in [0.05, 0.1) is 9.92 Å². The molecule has 1 fully saturated rings. The molecule has 19 heavy (non-hydrogen) atoms. The molecule has 1 aliphatic carbocycles. The largest absolute Gasteiger partial charge is 0.240 e. The highest BCUT2D eigenvalue weighted by Gasteiger charge is 2.25. The zero-order valence-electron chi connectivity index (χ0n) is 10.7. The van der Waals surface area contributed by atoms with Gasteiger partial charge in [0.2, 0.25) is 10.0 Å². The van der Waals surface area contributed by atoms with Crippen molar-refractivity contribution in [1.29, 1.82) is 0 Å². The number of sulfonamides is 1. The highest BCUT2D eigenvalue weighted by Crippen LogP contribution is 2.31. The second-order valence-corrected chi connectivity index (χ2v) is 8.12. The predicted molar refractivity (Wildman–Crippen MR) is 80.8 cm³/mol. The number of hydrogen-bond donors (Lipinski definition) is 1. The van der Waals surface area contributed by atoms with Gasteiger partial charge in [-0.15, -0.1) is 0 Å². The fraction of sp³-hybridized carbons (Fsp3) is 0.538. The van der Waals surface area contributed by atoms with Crippen molar-refractivity contribution in [1.82, 2.24) is 4.72 Å². The van der Waals surface area contributed by atoms with Crippen molar-refractivity contribution in [2.45, 2.75) is 31.1 Å². The molecule has 1 aliphatic rings. The molecule has 0 bridgehead atoms. The van der Waals surface area contributed by atoms with Gasteiger partial charge in [-0.25, -0.2) is 13.1 Å². The van der Waals surface area contributed by atoms with Crippen LogP contribution in [0.2, 0.25) is 5.02 Å². The maximum Gasteiger partial charge on any atom is 0.240 e. The first-order valence-electron chi connectivity index (χ1n) is 6.35. The van der Waals surface area contributed by atoms with Gasteiger partial charge in [0.25, 0.3) is 0 Å². The fourth-order valence-electron chi connectivity index (χ4n) is 2.47. The molecule has 0 saturated heterocycles. The van der Waals surface area contributed by atoms with E-state index in [0.717, 1.165) is 6.42 Å². The summed E-state index contributed by atoms with van der Waals surface area (Å²) >= 11 is 9.11. The van der Waals surface area contributed by atoms with Crippen molar-refractivity contribution in [2.24, 2.45) is 11.8 Å². The molecule has 0 heterocycles. The standard InChI is InChI=1S/C13H17BrClNO2S/c1-9-3-2-4-10(9)8-16-19(17,18)11-5-6-13(15)12(14)7-11/h5-7,9-10,16H,2-4,8H2,1H3. The molecular formula is C13H17BrClNO2S. The molecule has 2 unspecified atom stereocenters. The minimum atomic E-state index is -3.45. The molecule has 0 amide bonds. The molecule has 1 saturated carbocycles. The lowest BCUT2D eigenvalue weighted by atomic mass is 9.99. The van der Waals surface area contributed by atoms with Gasteiger partial charge in [-0.3, -0.25) is 0 Å². The predicted octanol–water partition coefficient (Wildman–Crippen LogP) is 3.82. The quantitative estimate of drug-likeness (QED) is 0.880. The Morgan fingerprint density at radius 1 is 1.42 bits per heavy atom. The summed E-state index contributed by atoms with van der Waals surface area (Å²) in [5, 5.41) is 0.503. The van der Waals surface area contributed by atoms with Crippen LogP contribution >= 0.6 is 27.5 Å². The molecule has 106 valence electrons. The lowest BCUT2D eigenvalue weighted by molar-refractivity contribution is 0.414. The van der Waals surface area contributed by atoms with Gasteiger partial charge >= 0.3 is 0 Å². The summed E-state index contributed by atoms with van der Waals surface area (Å²) in [7, 11) is -3.45. The molecule has 1 N–H and O–H groups in total. The van der Waals surface area contributed by atoms with Crippen LogP contribution in [0.15, 0.2) is 27.6 Å². The summed E-state index contributed by atoms with van der Waals surface area (Å²) in [5.74, 6) is 1.05. The Bertz CT molecular complexity index is 562. The Kier molecular flexibility index (Phi) is 4.93. The second-order valence-electron chi connectivity index (χ2n) is 5.10. The molecule has 6 heteroatoms. The number of benzene rings is 1. The first-order chi connectivity index (χ1) is 8.90. The van der Waals surface area contributed by atoms with Gasteiger partial charge in [-0.1, -0.05) is 31.4 Å². The first kappa shape index (κ1) is 15.3. The molecule has 1 aromatic rings. The minimum absolute atomic E-state index is 0.245. The number of nitrogens with one attached hydrogen (secondary N) is 1. The van der Waals surface area contributed by atoms with Crippen LogP contribution in [0.25, 0.3) is 0 Å². The fourth-order valence-corrected chi connectivity index (χ4v) is 4.24. The van der Waals surface area contributed by atoms with Gasteiger partial charge in [0.15, 0.2) is 0 Å². The Hall–Kier alpha value is -0.100.